The highest BCUT2D eigenvalue weighted by Gasteiger charge is 2.29. The molecule has 1 rings (SSSR count). The molecule has 116 valence electrons. The Morgan fingerprint density at radius 1 is 1.43 bits per heavy atom. The van der Waals surface area contributed by atoms with E-state index in [2.05, 4.69) is 5.32 Å². The maximum atomic E-state index is 14.0. The lowest BCUT2D eigenvalue weighted by molar-refractivity contribution is -0.120. The van der Waals surface area contributed by atoms with Crippen LogP contribution in [-0.4, -0.2) is 50.3 Å². The van der Waals surface area contributed by atoms with E-state index < -0.39 is 44.7 Å². The van der Waals surface area contributed by atoms with Crippen molar-refractivity contribution in [3.8, 4) is 0 Å². The van der Waals surface area contributed by atoms with E-state index in [0.29, 0.717) is 4.31 Å². The molecule has 0 fully saturated rings. The Hall–Kier alpha value is -1.71. The topological polar surface area (TPSA) is 104 Å². The maximum Gasteiger partial charge on any atom is 0.338 e. The molecule has 0 bridgehead atoms. The number of nitrogens with zero attached hydrogens (tertiary/aromatic N) is 1. The summed E-state index contributed by atoms with van der Waals surface area (Å²) in [7, 11) is -2.03. The monoisotopic (exact) mass is 338 g/mol. The number of likely N-dealkylation sites (N-methyl/N-ethyl adjacent to an activating group) is 2. The number of carboxylic acids is 1. The van der Waals surface area contributed by atoms with Crippen LogP contribution in [0.2, 0.25) is 5.02 Å². The Kier molecular flexibility index (Phi) is 5.26. The molecular weight excluding hydrogens is 327 g/mol. The number of aromatic carboxylic acids is 1. The van der Waals surface area contributed by atoms with Crippen LogP contribution < -0.4 is 5.32 Å². The van der Waals surface area contributed by atoms with E-state index in [4.69, 9.17) is 16.7 Å². The number of hydrogen-bond acceptors (Lipinski definition) is 4. The predicted molar refractivity (Wildman–Crippen MR) is 72.3 cm³/mol. The maximum absolute atomic E-state index is 14.0. The van der Waals surface area contributed by atoms with E-state index >= 15 is 0 Å². The van der Waals surface area contributed by atoms with Crippen molar-refractivity contribution in [1.29, 1.82) is 0 Å². The number of halogens is 2. The molecule has 0 aliphatic carbocycles. The summed E-state index contributed by atoms with van der Waals surface area (Å²) in [5, 5.41) is 10.8. The molecule has 1 amide bonds. The normalized spacial score (nSPS) is 11.5. The second-order valence-electron chi connectivity index (χ2n) is 4.00. The molecule has 0 aliphatic rings. The lowest BCUT2D eigenvalue weighted by Gasteiger charge is -2.17. The lowest BCUT2D eigenvalue weighted by atomic mass is 10.2. The summed E-state index contributed by atoms with van der Waals surface area (Å²) in [6.45, 7) is -0.548. The standard InChI is InChI=1S/C11H12ClFN2O5S/c1-14-9(16)5-15(2)21(19,20)8-4-6(12)3-7(10(8)13)11(17)18/h3-4H,5H2,1-2H3,(H,14,16)(H,17,18). The van der Waals surface area contributed by atoms with E-state index in [1.54, 1.807) is 0 Å². The Balaban J connectivity index is 3.38. The number of benzene rings is 1. The minimum absolute atomic E-state index is 0.249. The van der Waals surface area contributed by atoms with Crippen LogP contribution in [-0.2, 0) is 14.8 Å². The molecule has 0 atom stereocenters. The van der Waals surface area contributed by atoms with Crippen LogP contribution in [0.25, 0.3) is 0 Å². The van der Waals surface area contributed by atoms with Gasteiger partial charge in [-0.15, -0.1) is 0 Å². The van der Waals surface area contributed by atoms with Crippen molar-refractivity contribution in [3.63, 3.8) is 0 Å². The van der Waals surface area contributed by atoms with E-state index in [0.717, 1.165) is 19.2 Å². The van der Waals surface area contributed by atoms with Crippen molar-refractivity contribution in [1.82, 2.24) is 9.62 Å². The Bertz CT molecular complexity index is 692. The zero-order chi connectivity index (χ0) is 16.4. The summed E-state index contributed by atoms with van der Waals surface area (Å²) in [6.07, 6.45) is 0. The highest BCUT2D eigenvalue weighted by molar-refractivity contribution is 7.89. The number of amides is 1. The summed E-state index contributed by atoms with van der Waals surface area (Å²) in [6, 6.07) is 1.59. The van der Waals surface area contributed by atoms with Crippen molar-refractivity contribution in [2.45, 2.75) is 4.90 Å². The van der Waals surface area contributed by atoms with Gasteiger partial charge in [-0.25, -0.2) is 17.6 Å². The van der Waals surface area contributed by atoms with E-state index in [9.17, 15) is 22.4 Å². The molecular formula is C11H12ClFN2O5S. The molecule has 2 N–H and O–H groups in total. The Morgan fingerprint density at radius 2 is 2.00 bits per heavy atom. The first-order chi connectivity index (χ1) is 9.61. The minimum atomic E-state index is -4.40. The number of carbonyl (C=O) groups excluding carboxylic acids is 1. The first-order valence-corrected chi connectivity index (χ1v) is 7.32. The first-order valence-electron chi connectivity index (χ1n) is 5.50. The summed E-state index contributed by atoms with van der Waals surface area (Å²) in [5.74, 6) is -3.70. The molecule has 0 unspecified atom stereocenters. The number of nitrogens with one attached hydrogen (secondary N) is 1. The van der Waals surface area contributed by atoms with Gasteiger partial charge in [-0.1, -0.05) is 11.6 Å². The Morgan fingerprint density at radius 3 is 2.48 bits per heavy atom. The lowest BCUT2D eigenvalue weighted by Crippen LogP contribution is -2.37. The van der Waals surface area contributed by atoms with Gasteiger partial charge in [0, 0.05) is 19.1 Å². The summed E-state index contributed by atoms with van der Waals surface area (Å²) in [5.41, 5.74) is -0.866. The van der Waals surface area contributed by atoms with Crippen LogP contribution in [0.3, 0.4) is 0 Å². The van der Waals surface area contributed by atoms with E-state index in [1.165, 1.54) is 7.05 Å². The zero-order valence-corrected chi connectivity index (χ0v) is 12.6. The van der Waals surface area contributed by atoms with Crippen LogP contribution in [0.4, 0.5) is 4.39 Å². The van der Waals surface area contributed by atoms with Gasteiger partial charge in [0.15, 0.2) is 5.82 Å². The third kappa shape index (κ3) is 3.69. The largest absolute Gasteiger partial charge is 0.478 e. The molecule has 1 aromatic rings. The van der Waals surface area contributed by atoms with Gasteiger partial charge in [-0.05, 0) is 12.1 Å². The molecule has 0 spiro atoms. The predicted octanol–water partition coefficient (Wildman–Crippen LogP) is 0.544. The number of carbonyl (C=O) groups is 2. The van der Waals surface area contributed by atoms with Gasteiger partial charge in [-0.2, -0.15) is 4.31 Å². The second kappa shape index (κ2) is 6.37. The van der Waals surface area contributed by atoms with E-state index in [1.807, 2.05) is 0 Å². The van der Waals surface area contributed by atoms with Gasteiger partial charge in [0.05, 0.1) is 12.1 Å². The fourth-order valence-electron chi connectivity index (χ4n) is 1.44. The number of carboxylic acid groups (broad SMARTS) is 1. The molecule has 0 saturated heterocycles. The molecule has 1 aromatic carbocycles. The number of sulfonamides is 1. The quantitative estimate of drug-likeness (QED) is 0.815. The molecule has 7 nitrogen and oxygen atoms in total. The van der Waals surface area contributed by atoms with Crippen molar-refractivity contribution in [2.24, 2.45) is 0 Å². The second-order valence-corrected chi connectivity index (χ2v) is 6.45. The summed E-state index contributed by atoms with van der Waals surface area (Å²) < 4.78 is 39.0. The van der Waals surface area contributed by atoms with Crippen LogP contribution in [0.15, 0.2) is 17.0 Å². The molecule has 10 heteroatoms. The Labute approximate surface area is 125 Å². The van der Waals surface area contributed by atoms with Gasteiger partial charge in [0.25, 0.3) is 0 Å². The van der Waals surface area contributed by atoms with Crippen LogP contribution in [0.5, 0.6) is 0 Å². The van der Waals surface area contributed by atoms with Gasteiger partial charge in [-0.3, -0.25) is 4.79 Å². The average molecular weight is 339 g/mol. The van der Waals surface area contributed by atoms with E-state index in [-0.39, 0.29) is 5.02 Å². The SMILES string of the molecule is CNC(=O)CN(C)S(=O)(=O)c1cc(Cl)cc(C(=O)O)c1F. The van der Waals surface area contributed by atoms with Crippen LogP contribution in [0, 0.1) is 5.82 Å². The van der Waals surface area contributed by atoms with Gasteiger partial charge < -0.3 is 10.4 Å². The van der Waals surface area contributed by atoms with Crippen molar-refractivity contribution >= 4 is 33.5 Å². The van der Waals surface area contributed by atoms with Crippen LogP contribution in [0.1, 0.15) is 10.4 Å². The molecule has 21 heavy (non-hydrogen) atoms. The smallest absolute Gasteiger partial charge is 0.338 e. The first kappa shape index (κ1) is 17.3. The number of hydrogen-bond donors (Lipinski definition) is 2. The molecule has 0 radical (unpaired) electrons. The van der Waals surface area contributed by atoms with Gasteiger partial charge in [0.2, 0.25) is 15.9 Å². The van der Waals surface area contributed by atoms with Gasteiger partial charge >= 0.3 is 5.97 Å². The fraction of sp³-hybridized carbons (Fsp3) is 0.273. The summed E-state index contributed by atoms with van der Waals surface area (Å²) in [4.78, 5) is 21.2. The zero-order valence-electron chi connectivity index (χ0n) is 11.1. The molecule has 0 saturated carbocycles. The third-order valence-electron chi connectivity index (χ3n) is 2.57. The highest BCUT2D eigenvalue weighted by Crippen LogP contribution is 2.25. The summed E-state index contributed by atoms with van der Waals surface area (Å²) >= 11 is 5.62. The molecule has 0 aliphatic heterocycles. The number of rotatable bonds is 5. The van der Waals surface area contributed by atoms with Crippen molar-refractivity contribution < 1.29 is 27.5 Å². The third-order valence-corrected chi connectivity index (χ3v) is 4.59. The highest BCUT2D eigenvalue weighted by atomic mass is 35.5. The molecule has 0 heterocycles. The van der Waals surface area contributed by atoms with Gasteiger partial charge in [0.1, 0.15) is 4.90 Å². The fourth-order valence-corrected chi connectivity index (χ4v) is 2.96. The average Bonchev–Trinajstić information content (AvgIpc) is 2.40. The minimum Gasteiger partial charge on any atom is -0.478 e. The van der Waals surface area contributed by atoms with Crippen LogP contribution >= 0.6 is 11.6 Å². The van der Waals surface area contributed by atoms with Crippen molar-refractivity contribution in [3.05, 3.63) is 28.5 Å². The molecule has 0 aromatic heterocycles. The van der Waals surface area contributed by atoms with Crippen molar-refractivity contribution in [2.75, 3.05) is 20.6 Å².